The Balaban J connectivity index is 2.56. The van der Waals surface area contributed by atoms with E-state index in [9.17, 15) is 9.59 Å². The van der Waals surface area contributed by atoms with Crippen molar-refractivity contribution in [3.05, 3.63) is 35.4 Å². The van der Waals surface area contributed by atoms with Crippen LogP contribution in [0.4, 0.5) is 4.79 Å². The van der Waals surface area contributed by atoms with Crippen molar-refractivity contribution >= 4 is 20.0 Å². The number of carbonyl (C=O) groups is 2. The maximum Gasteiger partial charge on any atom is 0.312 e. The molecule has 1 aromatic carbocycles. The highest BCUT2D eigenvalue weighted by atomic mass is 28.3. The van der Waals surface area contributed by atoms with Gasteiger partial charge in [0.05, 0.1) is 0 Å². The summed E-state index contributed by atoms with van der Waals surface area (Å²) >= 11 is 0. The molecule has 0 saturated carbocycles. The van der Waals surface area contributed by atoms with E-state index in [-0.39, 0.29) is 5.91 Å². The highest BCUT2D eigenvalue weighted by Crippen LogP contribution is 2.04. The Kier molecular flexibility index (Phi) is 6.19. The molecule has 1 rings (SSSR count). The molecule has 5 nitrogen and oxygen atoms in total. The Morgan fingerprint density at radius 2 is 1.82 bits per heavy atom. The average Bonchev–Trinajstić information content (AvgIpc) is 2.42. The molecule has 0 heterocycles. The van der Waals surface area contributed by atoms with Crippen molar-refractivity contribution < 1.29 is 9.59 Å². The quantitative estimate of drug-likeness (QED) is 0.582. The van der Waals surface area contributed by atoms with Gasteiger partial charge in [0.15, 0.2) is 0 Å². The lowest BCUT2D eigenvalue weighted by Crippen LogP contribution is -2.46. The van der Waals surface area contributed by atoms with Gasteiger partial charge in [0.1, 0.15) is 14.1 Å². The van der Waals surface area contributed by atoms with Crippen LogP contribution < -0.4 is 16.4 Å². The standard InChI is InChI=1S/C16H23N3O2Si/c1-12(19-16(17)21)15(20)18-11-14-7-5-13(6-8-14)9-10-22(2,3)4/h5-8,12H,11H2,1-4H3,(H,18,20)(H3,17,19,21). The summed E-state index contributed by atoms with van der Waals surface area (Å²) in [6.45, 7) is 8.57. The number of nitrogens with one attached hydrogen (secondary N) is 2. The molecular formula is C16H23N3O2Si. The molecule has 0 aromatic heterocycles. The average molecular weight is 317 g/mol. The number of urea groups is 1. The monoisotopic (exact) mass is 317 g/mol. The van der Waals surface area contributed by atoms with Crippen LogP contribution in [0.5, 0.6) is 0 Å². The maximum atomic E-state index is 11.7. The summed E-state index contributed by atoms with van der Waals surface area (Å²) in [5.74, 6) is 2.90. The van der Waals surface area contributed by atoms with E-state index in [4.69, 9.17) is 5.73 Å². The smallest absolute Gasteiger partial charge is 0.312 e. The van der Waals surface area contributed by atoms with E-state index in [1.165, 1.54) is 0 Å². The van der Waals surface area contributed by atoms with E-state index in [2.05, 4.69) is 41.7 Å². The molecule has 0 spiro atoms. The lowest BCUT2D eigenvalue weighted by molar-refractivity contribution is -0.122. The minimum atomic E-state index is -1.37. The number of benzene rings is 1. The fourth-order valence-corrected chi connectivity index (χ4v) is 2.11. The number of carbonyl (C=O) groups excluding carboxylic acids is 2. The molecule has 3 amide bonds. The van der Waals surface area contributed by atoms with Crippen LogP contribution in [-0.2, 0) is 11.3 Å². The second-order valence-corrected chi connectivity index (χ2v) is 10.9. The van der Waals surface area contributed by atoms with Crippen LogP contribution in [0.2, 0.25) is 19.6 Å². The van der Waals surface area contributed by atoms with Crippen molar-refractivity contribution in [2.24, 2.45) is 5.73 Å². The molecule has 0 saturated heterocycles. The molecule has 1 aromatic rings. The van der Waals surface area contributed by atoms with Crippen molar-refractivity contribution in [1.82, 2.24) is 10.6 Å². The van der Waals surface area contributed by atoms with E-state index in [0.717, 1.165) is 11.1 Å². The van der Waals surface area contributed by atoms with Gasteiger partial charge in [-0.05, 0) is 24.6 Å². The van der Waals surface area contributed by atoms with E-state index >= 15 is 0 Å². The van der Waals surface area contributed by atoms with Crippen LogP contribution in [0.25, 0.3) is 0 Å². The Morgan fingerprint density at radius 3 is 2.32 bits per heavy atom. The Hall–Kier alpha value is -2.26. The third-order valence-corrected chi connectivity index (χ3v) is 3.63. The highest BCUT2D eigenvalue weighted by molar-refractivity contribution is 6.83. The zero-order valence-corrected chi connectivity index (χ0v) is 14.5. The van der Waals surface area contributed by atoms with Gasteiger partial charge in [-0.1, -0.05) is 37.7 Å². The largest absolute Gasteiger partial charge is 0.352 e. The van der Waals surface area contributed by atoms with Gasteiger partial charge in [0.25, 0.3) is 0 Å². The van der Waals surface area contributed by atoms with Crippen LogP contribution in [0.1, 0.15) is 18.1 Å². The second-order valence-electron chi connectivity index (χ2n) is 6.15. The maximum absolute atomic E-state index is 11.7. The number of primary amides is 1. The molecular weight excluding hydrogens is 294 g/mol. The van der Waals surface area contributed by atoms with Gasteiger partial charge in [0.2, 0.25) is 5.91 Å². The predicted molar refractivity (Wildman–Crippen MR) is 90.7 cm³/mol. The first kappa shape index (κ1) is 17.8. The molecule has 118 valence electrons. The molecule has 0 aliphatic heterocycles. The number of amides is 3. The predicted octanol–water partition coefficient (Wildman–Crippen LogP) is 1.59. The van der Waals surface area contributed by atoms with E-state index in [0.29, 0.717) is 6.54 Å². The first-order chi connectivity index (χ1) is 10.2. The zero-order valence-electron chi connectivity index (χ0n) is 13.5. The summed E-state index contributed by atoms with van der Waals surface area (Å²) in [6.07, 6.45) is 0. The van der Waals surface area contributed by atoms with E-state index < -0.39 is 20.1 Å². The third kappa shape index (κ3) is 6.95. The van der Waals surface area contributed by atoms with Crippen molar-refractivity contribution in [1.29, 1.82) is 0 Å². The minimum absolute atomic E-state index is 0.276. The number of hydrogen-bond acceptors (Lipinski definition) is 2. The van der Waals surface area contributed by atoms with Crippen LogP contribution >= 0.6 is 0 Å². The van der Waals surface area contributed by atoms with Gasteiger partial charge >= 0.3 is 6.03 Å². The summed E-state index contributed by atoms with van der Waals surface area (Å²) in [5.41, 5.74) is 10.2. The van der Waals surface area contributed by atoms with Crippen LogP contribution in [0.3, 0.4) is 0 Å². The number of hydrogen-bond donors (Lipinski definition) is 3. The second kappa shape index (κ2) is 7.66. The number of rotatable bonds is 4. The lowest BCUT2D eigenvalue weighted by atomic mass is 10.1. The third-order valence-electron chi connectivity index (χ3n) is 2.75. The van der Waals surface area contributed by atoms with Crippen LogP contribution in [0, 0.1) is 11.5 Å². The van der Waals surface area contributed by atoms with Crippen molar-refractivity contribution in [2.45, 2.75) is 39.2 Å². The fourth-order valence-electron chi connectivity index (χ4n) is 1.59. The zero-order chi connectivity index (χ0) is 16.8. The topological polar surface area (TPSA) is 84.2 Å². The van der Waals surface area contributed by atoms with Gasteiger partial charge in [-0.3, -0.25) is 4.79 Å². The minimum Gasteiger partial charge on any atom is -0.352 e. The molecule has 4 N–H and O–H groups in total. The molecule has 0 aliphatic carbocycles. The van der Waals surface area contributed by atoms with Crippen molar-refractivity contribution in [2.75, 3.05) is 0 Å². The van der Waals surface area contributed by atoms with Crippen LogP contribution in [0.15, 0.2) is 24.3 Å². The van der Waals surface area contributed by atoms with Crippen molar-refractivity contribution in [3.8, 4) is 11.5 Å². The first-order valence-corrected chi connectivity index (χ1v) is 10.6. The summed E-state index contributed by atoms with van der Waals surface area (Å²) in [4.78, 5) is 22.4. The van der Waals surface area contributed by atoms with Gasteiger partial charge in [-0.15, -0.1) is 5.54 Å². The molecule has 1 atom stereocenters. The highest BCUT2D eigenvalue weighted by Gasteiger charge is 2.13. The molecule has 22 heavy (non-hydrogen) atoms. The van der Waals surface area contributed by atoms with Crippen molar-refractivity contribution in [3.63, 3.8) is 0 Å². The lowest BCUT2D eigenvalue weighted by Gasteiger charge is -2.12. The molecule has 0 aliphatic rings. The summed E-state index contributed by atoms with van der Waals surface area (Å²) in [5, 5.41) is 5.07. The summed E-state index contributed by atoms with van der Waals surface area (Å²) in [7, 11) is -1.37. The Morgan fingerprint density at radius 1 is 1.23 bits per heavy atom. The van der Waals surface area contributed by atoms with E-state index in [1.54, 1.807) is 6.92 Å². The first-order valence-electron chi connectivity index (χ1n) is 7.13. The van der Waals surface area contributed by atoms with Crippen LogP contribution in [-0.4, -0.2) is 26.1 Å². The summed E-state index contributed by atoms with van der Waals surface area (Å²) in [6, 6.07) is 6.38. The van der Waals surface area contributed by atoms with Gasteiger partial charge < -0.3 is 16.4 Å². The molecule has 6 heteroatoms. The molecule has 0 bridgehead atoms. The van der Waals surface area contributed by atoms with Gasteiger partial charge in [0, 0.05) is 12.1 Å². The fraction of sp³-hybridized carbons (Fsp3) is 0.375. The van der Waals surface area contributed by atoms with Gasteiger partial charge in [-0.2, -0.15) is 0 Å². The summed E-state index contributed by atoms with van der Waals surface area (Å²) < 4.78 is 0. The molecule has 1 unspecified atom stereocenters. The molecule has 0 fully saturated rings. The normalized spacial score (nSPS) is 11.8. The SMILES string of the molecule is CC(NC(N)=O)C(=O)NCc1ccc(C#C[Si](C)(C)C)cc1. The van der Waals surface area contributed by atoms with E-state index in [1.807, 2.05) is 24.3 Å². The number of nitrogens with two attached hydrogens (primary N) is 1. The Bertz CT molecular complexity index is 595. The Labute approximate surface area is 132 Å². The molecule has 0 radical (unpaired) electrons. The van der Waals surface area contributed by atoms with Gasteiger partial charge in [-0.25, -0.2) is 4.79 Å².